The molecule has 0 unspecified atom stereocenters. The van der Waals surface area contributed by atoms with Gasteiger partial charge in [-0.15, -0.1) is 11.3 Å². The number of aryl methyl sites for hydroxylation is 1. The minimum Gasteiger partial charge on any atom is -0.494 e. The van der Waals surface area contributed by atoms with E-state index < -0.39 is 0 Å². The van der Waals surface area contributed by atoms with Gasteiger partial charge in [-0.05, 0) is 37.6 Å². The van der Waals surface area contributed by atoms with Crippen molar-refractivity contribution < 1.29 is 9.53 Å². The molecule has 0 aliphatic rings. The molecule has 0 spiro atoms. The van der Waals surface area contributed by atoms with E-state index in [1.54, 1.807) is 23.9 Å². The molecule has 1 amide bonds. The monoisotopic (exact) mass is 409 g/mol. The smallest absolute Gasteiger partial charge is 0.225 e. The van der Waals surface area contributed by atoms with E-state index in [1.165, 1.54) is 0 Å². The number of carbonyl (C=O) groups excluding carboxylic acids is 1. The normalized spacial score (nSPS) is 11.1. The number of amides is 1. The number of nitrogens with zero attached hydrogens (tertiary/aromatic N) is 4. The Balaban J connectivity index is 1.36. The predicted molar refractivity (Wildman–Crippen MR) is 113 cm³/mol. The molecule has 8 heteroatoms. The topological polar surface area (TPSA) is 73.5 Å². The lowest BCUT2D eigenvalue weighted by Crippen LogP contribution is -2.27. The summed E-state index contributed by atoms with van der Waals surface area (Å²) in [5.74, 6) is 0.870. The molecule has 0 atom stereocenters. The van der Waals surface area contributed by atoms with Gasteiger partial charge in [-0.25, -0.2) is 9.97 Å². The molecule has 29 heavy (non-hydrogen) atoms. The number of benzene rings is 1. The number of imidazole rings is 2. The Kier molecular flexibility index (Phi) is 5.90. The Bertz CT molecular complexity index is 1070. The molecule has 0 aliphatic carbocycles. The largest absolute Gasteiger partial charge is 0.494 e. The van der Waals surface area contributed by atoms with Gasteiger partial charge in [-0.1, -0.05) is 0 Å². The number of hydrogen-bond acceptors (Lipinski definition) is 5. The average Bonchev–Trinajstić information content (AvgIpc) is 3.45. The first-order chi connectivity index (χ1) is 14.2. The van der Waals surface area contributed by atoms with Crippen LogP contribution in [0.15, 0.2) is 54.6 Å². The molecule has 0 radical (unpaired) electrons. The van der Waals surface area contributed by atoms with E-state index in [2.05, 4.69) is 10.3 Å². The summed E-state index contributed by atoms with van der Waals surface area (Å²) in [6.07, 6.45) is 8.66. The molecule has 150 valence electrons. The zero-order valence-corrected chi connectivity index (χ0v) is 17.1. The second-order valence-electron chi connectivity index (χ2n) is 6.64. The van der Waals surface area contributed by atoms with Crippen LogP contribution < -0.4 is 10.1 Å². The third-order valence-electron chi connectivity index (χ3n) is 4.56. The molecule has 3 aromatic heterocycles. The molecule has 0 fully saturated rings. The van der Waals surface area contributed by atoms with E-state index in [1.807, 2.05) is 57.9 Å². The van der Waals surface area contributed by atoms with Gasteiger partial charge in [0.2, 0.25) is 5.91 Å². The van der Waals surface area contributed by atoms with Crippen LogP contribution in [0.1, 0.15) is 19.0 Å². The molecular formula is C21H23N5O2S. The third kappa shape index (κ3) is 4.65. The van der Waals surface area contributed by atoms with Crippen LogP contribution in [-0.4, -0.2) is 38.0 Å². The number of nitrogens with one attached hydrogen (secondary N) is 1. The maximum Gasteiger partial charge on any atom is 0.225 e. The van der Waals surface area contributed by atoms with Crippen molar-refractivity contribution in [2.75, 3.05) is 13.2 Å². The highest BCUT2D eigenvalue weighted by atomic mass is 32.1. The van der Waals surface area contributed by atoms with Crippen molar-refractivity contribution in [2.24, 2.45) is 0 Å². The molecule has 3 heterocycles. The lowest BCUT2D eigenvalue weighted by atomic mass is 10.1. The molecule has 0 saturated heterocycles. The Morgan fingerprint density at radius 3 is 2.90 bits per heavy atom. The Hall–Kier alpha value is -3.13. The molecule has 4 rings (SSSR count). The maximum atomic E-state index is 12.3. The van der Waals surface area contributed by atoms with Crippen molar-refractivity contribution in [3.63, 3.8) is 0 Å². The summed E-state index contributed by atoms with van der Waals surface area (Å²) in [7, 11) is 0. The molecular weight excluding hydrogens is 386 g/mol. The highest BCUT2D eigenvalue weighted by molar-refractivity contribution is 7.15. The first kappa shape index (κ1) is 19.2. The first-order valence-corrected chi connectivity index (χ1v) is 10.5. The standard InChI is InChI=1S/C21H23N5O2S/c1-2-28-18-6-4-16(5-7-18)19-13-26-17(14-29-21(26)24-19)12-20(27)23-8-3-10-25-11-9-22-15-25/h4-7,9,11,13-15H,2-3,8,10,12H2,1H3,(H,23,27). The van der Waals surface area contributed by atoms with Crippen LogP contribution in [0.25, 0.3) is 16.2 Å². The van der Waals surface area contributed by atoms with E-state index in [4.69, 9.17) is 9.72 Å². The lowest BCUT2D eigenvalue weighted by molar-refractivity contribution is -0.120. The van der Waals surface area contributed by atoms with Gasteiger partial charge < -0.3 is 14.6 Å². The van der Waals surface area contributed by atoms with E-state index in [0.717, 1.165) is 40.6 Å². The summed E-state index contributed by atoms with van der Waals surface area (Å²) < 4.78 is 9.50. The number of hydrogen-bond donors (Lipinski definition) is 1. The highest BCUT2D eigenvalue weighted by Gasteiger charge is 2.12. The number of rotatable bonds is 9. The van der Waals surface area contributed by atoms with Crippen molar-refractivity contribution in [1.82, 2.24) is 24.3 Å². The molecule has 1 aromatic carbocycles. The van der Waals surface area contributed by atoms with Crippen molar-refractivity contribution in [2.45, 2.75) is 26.3 Å². The van der Waals surface area contributed by atoms with Crippen LogP contribution in [0.4, 0.5) is 0 Å². The minimum absolute atomic E-state index is 0.0200. The number of ether oxygens (including phenoxy) is 1. The predicted octanol–water partition coefficient (Wildman–Crippen LogP) is 3.41. The molecule has 4 aromatic rings. The van der Waals surface area contributed by atoms with Crippen molar-refractivity contribution in [3.05, 3.63) is 60.3 Å². The van der Waals surface area contributed by atoms with Gasteiger partial charge in [0, 0.05) is 48.3 Å². The van der Waals surface area contributed by atoms with Crippen molar-refractivity contribution in [3.8, 4) is 17.0 Å². The fourth-order valence-corrected chi connectivity index (χ4v) is 3.99. The van der Waals surface area contributed by atoms with E-state index in [9.17, 15) is 4.79 Å². The fourth-order valence-electron chi connectivity index (χ4n) is 3.12. The van der Waals surface area contributed by atoms with Gasteiger partial charge in [0.05, 0.1) is 25.0 Å². The summed E-state index contributed by atoms with van der Waals surface area (Å²) in [6.45, 7) is 4.10. The SMILES string of the molecule is CCOc1ccc(-c2cn3c(CC(=O)NCCCn4ccnc4)csc3n2)cc1. The van der Waals surface area contributed by atoms with Gasteiger partial charge >= 0.3 is 0 Å². The summed E-state index contributed by atoms with van der Waals surface area (Å²) in [5.41, 5.74) is 2.86. The van der Waals surface area contributed by atoms with Gasteiger partial charge in [-0.3, -0.25) is 9.20 Å². The van der Waals surface area contributed by atoms with E-state index in [-0.39, 0.29) is 5.91 Å². The van der Waals surface area contributed by atoms with Crippen LogP contribution in [0, 0.1) is 0 Å². The van der Waals surface area contributed by atoms with Crippen LogP contribution in [0.5, 0.6) is 5.75 Å². The van der Waals surface area contributed by atoms with Crippen molar-refractivity contribution >= 4 is 22.2 Å². The molecule has 0 saturated carbocycles. The quantitative estimate of drug-likeness (QED) is 0.430. The third-order valence-corrected chi connectivity index (χ3v) is 5.45. The Labute approximate surface area is 173 Å². The first-order valence-electron chi connectivity index (χ1n) is 9.64. The summed E-state index contributed by atoms with van der Waals surface area (Å²) in [6, 6.07) is 7.91. The van der Waals surface area contributed by atoms with E-state index in [0.29, 0.717) is 19.6 Å². The van der Waals surface area contributed by atoms with Crippen LogP contribution >= 0.6 is 11.3 Å². The molecule has 1 N–H and O–H groups in total. The van der Waals surface area contributed by atoms with Crippen molar-refractivity contribution in [1.29, 1.82) is 0 Å². The molecule has 0 aliphatic heterocycles. The van der Waals surface area contributed by atoms with Gasteiger partial charge in [0.15, 0.2) is 4.96 Å². The zero-order valence-electron chi connectivity index (χ0n) is 16.2. The molecule has 7 nitrogen and oxygen atoms in total. The number of aromatic nitrogens is 4. The zero-order chi connectivity index (χ0) is 20.1. The lowest BCUT2D eigenvalue weighted by Gasteiger charge is -2.05. The fraction of sp³-hybridized carbons (Fsp3) is 0.286. The second kappa shape index (κ2) is 8.91. The van der Waals surface area contributed by atoms with Crippen LogP contribution in [0.3, 0.4) is 0 Å². The number of fused-ring (bicyclic) bond motifs is 1. The Morgan fingerprint density at radius 2 is 2.14 bits per heavy atom. The average molecular weight is 410 g/mol. The van der Waals surface area contributed by atoms with Gasteiger partial charge in [0.1, 0.15) is 5.75 Å². The highest BCUT2D eigenvalue weighted by Crippen LogP contribution is 2.25. The second-order valence-corrected chi connectivity index (χ2v) is 7.48. The van der Waals surface area contributed by atoms with Gasteiger partial charge in [0.25, 0.3) is 0 Å². The minimum atomic E-state index is 0.0200. The summed E-state index contributed by atoms with van der Waals surface area (Å²) in [5, 5.41) is 4.98. The van der Waals surface area contributed by atoms with E-state index >= 15 is 0 Å². The maximum absolute atomic E-state index is 12.3. The van der Waals surface area contributed by atoms with Crippen LogP contribution in [0.2, 0.25) is 0 Å². The Morgan fingerprint density at radius 1 is 1.28 bits per heavy atom. The summed E-state index contributed by atoms with van der Waals surface area (Å²) in [4.78, 5) is 21.9. The summed E-state index contributed by atoms with van der Waals surface area (Å²) >= 11 is 1.55. The number of thiazole rings is 1. The number of carbonyl (C=O) groups is 1. The van der Waals surface area contributed by atoms with Gasteiger partial charge in [-0.2, -0.15) is 0 Å². The van der Waals surface area contributed by atoms with Crippen LogP contribution in [-0.2, 0) is 17.8 Å². The molecule has 0 bridgehead atoms.